The van der Waals surface area contributed by atoms with Crippen LogP contribution in [0, 0.1) is 10.1 Å². The van der Waals surface area contributed by atoms with Gasteiger partial charge in [-0.2, -0.15) is 0 Å². The smallest absolute Gasteiger partial charge is 0.476 e. The van der Waals surface area contributed by atoms with Crippen LogP contribution in [0.15, 0.2) is 6.07 Å². The minimum atomic E-state index is -4.96. The van der Waals surface area contributed by atoms with E-state index in [-0.39, 0.29) is 16.9 Å². The Morgan fingerprint density at radius 1 is 1.56 bits per heavy atom. The van der Waals surface area contributed by atoms with Gasteiger partial charge in [-0.1, -0.05) is 15.9 Å². The van der Waals surface area contributed by atoms with Gasteiger partial charge in [-0.3, -0.25) is 10.1 Å². The number of nitro groups is 1. The molecular formula is C8H6BrF3N2O4. The lowest BCUT2D eigenvalue weighted by molar-refractivity contribution is -0.386. The van der Waals surface area contributed by atoms with Crippen molar-refractivity contribution in [2.24, 2.45) is 0 Å². The number of aromatic nitrogens is 1. The molecule has 18 heavy (non-hydrogen) atoms. The molecule has 0 aliphatic carbocycles. The van der Waals surface area contributed by atoms with Crippen molar-refractivity contribution < 1.29 is 27.6 Å². The lowest BCUT2D eigenvalue weighted by atomic mass is 10.3. The highest BCUT2D eigenvalue weighted by molar-refractivity contribution is 9.08. The SMILES string of the molecule is COc1nc(CBr)c(OC(F)(F)F)cc1[N+](=O)[O-]. The predicted octanol–water partition coefficient (Wildman–Crippen LogP) is 2.79. The minimum Gasteiger partial charge on any atom is -0.476 e. The number of rotatable bonds is 4. The van der Waals surface area contributed by atoms with E-state index in [2.05, 4.69) is 30.4 Å². The number of hydrogen-bond acceptors (Lipinski definition) is 5. The Bertz CT molecular complexity index is 466. The van der Waals surface area contributed by atoms with Gasteiger partial charge in [0.2, 0.25) is 0 Å². The zero-order valence-corrected chi connectivity index (χ0v) is 10.4. The number of pyridine rings is 1. The summed E-state index contributed by atoms with van der Waals surface area (Å²) >= 11 is 2.91. The summed E-state index contributed by atoms with van der Waals surface area (Å²) in [7, 11) is 1.12. The van der Waals surface area contributed by atoms with Crippen LogP contribution in [0.25, 0.3) is 0 Å². The van der Waals surface area contributed by atoms with Gasteiger partial charge in [0.1, 0.15) is 0 Å². The summed E-state index contributed by atoms with van der Waals surface area (Å²) in [4.78, 5) is 13.3. The summed E-state index contributed by atoms with van der Waals surface area (Å²) in [5.74, 6) is -1.13. The summed E-state index contributed by atoms with van der Waals surface area (Å²) in [5, 5.41) is 10.6. The molecule has 0 radical (unpaired) electrons. The van der Waals surface area contributed by atoms with Gasteiger partial charge in [0.05, 0.1) is 23.8 Å². The first kappa shape index (κ1) is 14.5. The number of halogens is 4. The van der Waals surface area contributed by atoms with Gasteiger partial charge in [0, 0.05) is 5.33 Å². The number of hydrogen-bond donors (Lipinski definition) is 0. The molecule has 0 N–H and O–H groups in total. The molecule has 0 aliphatic rings. The van der Waals surface area contributed by atoms with Crippen LogP contribution in [0.3, 0.4) is 0 Å². The Hall–Kier alpha value is -1.58. The molecule has 0 saturated carbocycles. The first-order chi connectivity index (χ1) is 8.28. The van der Waals surface area contributed by atoms with Crippen molar-refractivity contribution in [1.82, 2.24) is 4.98 Å². The van der Waals surface area contributed by atoms with Crippen molar-refractivity contribution >= 4 is 21.6 Å². The van der Waals surface area contributed by atoms with Gasteiger partial charge in [-0.25, -0.2) is 4.98 Å². The van der Waals surface area contributed by atoms with E-state index in [4.69, 9.17) is 0 Å². The van der Waals surface area contributed by atoms with E-state index in [1.165, 1.54) is 0 Å². The second-order valence-electron chi connectivity index (χ2n) is 2.90. The van der Waals surface area contributed by atoms with E-state index < -0.39 is 22.7 Å². The Kier molecular flexibility index (Phi) is 4.33. The van der Waals surface area contributed by atoms with Crippen LogP contribution in [0.2, 0.25) is 0 Å². The van der Waals surface area contributed by atoms with E-state index >= 15 is 0 Å². The third kappa shape index (κ3) is 3.45. The Balaban J connectivity index is 3.32. The lowest BCUT2D eigenvalue weighted by Crippen LogP contribution is -2.18. The molecule has 0 unspecified atom stereocenters. The molecule has 0 saturated heterocycles. The highest BCUT2D eigenvalue weighted by Crippen LogP contribution is 2.35. The molecule has 1 aromatic heterocycles. The van der Waals surface area contributed by atoms with Crippen molar-refractivity contribution in [3.63, 3.8) is 0 Å². The van der Waals surface area contributed by atoms with Gasteiger partial charge in [-0.15, -0.1) is 13.2 Å². The largest absolute Gasteiger partial charge is 0.573 e. The molecule has 6 nitrogen and oxygen atoms in total. The van der Waals surface area contributed by atoms with E-state index in [1.807, 2.05) is 0 Å². The summed E-state index contributed by atoms with van der Waals surface area (Å²) in [6.45, 7) is 0. The standard InChI is InChI=1S/C8H6BrF3N2O4/c1-17-7-5(14(15)16)2-6(4(3-9)13-7)18-8(10,11)12/h2H,3H2,1H3. The molecule has 1 aromatic rings. The number of nitrogens with zero attached hydrogens (tertiary/aromatic N) is 2. The van der Waals surface area contributed by atoms with Crippen molar-refractivity contribution in [3.05, 3.63) is 21.9 Å². The molecule has 0 aromatic carbocycles. The van der Waals surface area contributed by atoms with Crippen LogP contribution in [0.1, 0.15) is 5.69 Å². The average Bonchev–Trinajstić information content (AvgIpc) is 2.26. The number of alkyl halides is 4. The molecule has 100 valence electrons. The lowest BCUT2D eigenvalue weighted by Gasteiger charge is -2.12. The maximum Gasteiger partial charge on any atom is 0.573 e. The molecule has 0 atom stereocenters. The molecule has 0 fully saturated rings. The van der Waals surface area contributed by atoms with Crippen molar-refractivity contribution in [2.45, 2.75) is 11.7 Å². The van der Waals surface area contributed by atoms with Crippen molar-refractivity contribution in [1.29, 1.82) is 0 Å². The maximum absolute atomic E-state index is 12.1. The van der Waals surface area contributed by atoms with Gasteiger partial charge in [0.25, 0.3) is 5.88 Å². The zero-order valence-electron chi connectivity index (χ0n) is 8.82. The highest BCUT2D eigenvalue weighted by Gasteiger charge is 2.34. The summed E-state index contributed by atoms with van der Waals surface area (Å²) < 4.78 is 44.6. The molecule has 0 bridgehead atoms. The van der Waals surface area contributed by atoms with Crippen molar-refractivity contribution in [2.75, 3.05) is 7.11 Å². The summed E-state index contributed by atoms with van der Waals surface area (Å²) in [6.07, 6.45) is -4.96. The van der Waals surface area contributed by atoms with Crippen LogP contribution in [-0.2, 0) is 5.33 Å². The quantitative estimate of drug-likeness (QED) is 0.482. The molecule has 0 aliphatic heterocycles. The Labute approximate surface area is 107 Å². The highest BCUT2D eigenvalue weighted by atomic mass is 79.9. The third-order valence-electron chi connectivity index (χ3n) is 1.75. The number of methoxy groups -OCH3 is 1. The second kappa shape index (κ2) is 5.38. The topological polar surface area (TPSA) is 74.5 Å². The summed E-state index contributed by atoms with van der Waals surface area (Å²) in [6, 6.07) is 0.621. The third-order valence-corrected chi connectivity index (χ3v) is 2.28. The fourth-order valence-electron chi connectivity index (χ4n) is 1.09. The minimum absolute atomic E-state index is 0.0766. The Morgan fingerprint density at radius 2 is 2.17 bits per heavy atom. The monoisotopic (exact) mass is 330 g/mol. The van der Waals surface area contributed by atoms with Crippen LogP contribution in [0.5, 0.6) is 11.6 Å². The maximum atomic E-state index is 12.1. The predicted molar refractivity (Wildman–Crippen MR) is 56.8 cm³/mol. The number of ether oxygens (including phenoxy) is 2. The summed E-state index contributed by atoms with van der Waals surface area (Å²) in [5.41, 5.74) is -0.865. The van der Waals surface area contributed by atoms with Crippen LogP contribution in [-0.4, -0.2) is 23.4 Å². The fraction of sp³-hybridized carbons (Fsp3) is 0.375. The van der Waals surface area contributed by atoms with Gasteiger partial charge >= 0.3 is 12.0 Å². The molecule has 0 amide bonds. The fourth-order valence-corrected chi connectivity index (χ4v) is 1.50. The molecule has 10 heteroatoms. The normalized spacial score (nSPS) is 11.2. The zero-order chi connectivity index (χ0) is 13.9. The van der Waals surface area contributed by atoms with Crippen LogP contribution < -0.4 is 9.47 Å². The van der Waals surface area contributed by atoms with Gasteiger partial charge in [0.15, 0.2) is 5.75 Å². The first-order valence-electron chi connectivity index (χ1n) is 4.32. The van der Waals surface area contributed by atoms with Crippen LogP contribution in [0.4, 0.5) is 18.9 Å². The van der Waals surface area contributed by atoms with Gasteiger partial charge < -0.3 is 9.47 Å². The second-order valence-corrected chi connectivity index (χ2v) is 3.46. The first-order valence-corrected chi connectivity index (χ1v) is 5.44. The molecule has 1 rings (SSSR count). The van der Waals surface area contributed by atoms with E-state index in [1.54, 1.807) is 0 Å². The van der Waals surface area contributed by atoms with Gasteiger partial charge in [-0.05, 0) is 0 Å². The van der Waals surface area contributed by atoms with E-state index in [0.717, 1.165) is 7.11 Å². The molecule has 1 heterocycles. The van der Waals surface area contributed by atoms with Crippen molar-refractivity contribution in [3.8, 4) is 11.6 Å². The Morgan fingerprint density at radius 3 is 2.56 bits per heavy atom. The molecular weight excluding hydrogens is 325 g/mol. The van der Waals surface area contributed by atoms with Crippen LogP contribution >= 0.6 is 15.9 Å². The average molecular weight is 331 g/mol. The van der Waals surface area contributed by atoms with E-state index in [9.17, 15) is 23.3 Å². The van der Waals surface area contributed by atoms with E-state index in [0.29, 0.717) is 6.07 Å². The molecule has 0 spiro atoms.